The predicted octanol–water partition coefficient (Wildman–Crippen LogP) is 2.94. The maximum atomic E-state index is 10.8. The number of nitrogens with zero attached hydrogens (tertiary/aromatic N) is 2. The molecule has 0 bridgehead atoms. The van der Waals surface area contributed by atoms with Gasteiger partial charge in [-0.25, -0.2) is 0 Å². The largest absolute Gasteiger partial charge is 0.368 e. The topological polar surface area (TPSA) is 35.6 Å². The highest BCUT2D eigenvalue weighted by atomic mass is 32.1. The van der Waals surface area contributed by atoms with E-state index in [0.29, 0.717) is 0 Å². The predicted molar refractivity (Wildman–Crippen MR) is 98.4 cm³/mol. The number of piperazine rings is 1. The van der Waals surface area contributed by atoms with E-state index < -0.39 is 0 Å². The number of rotatable bonds is 6. The molecule has 23 heavy (non-hydrogen) atoms. The molecule has 2 heterocycles. The van der Waals surface area contributed by atoms with Crippen LogP contribution in [0, 0.1) is 0 Å². The molecule has 0 atom stereocenters. The van der Waals surface area contributed by atoms with Crippen molar-refractivity contribution in [1.29, 1.82) is 0 Å². The van der Waals surface area contributed by atoms with Gasteiger partial charge in [0, 0.05) is 55.4 Å². The molecule has 1 saturated heterocycles. The standard InChI is InChI=1S/C18H25N3OS/c1-15(22)19-8-2-3-9-20-10-12-21(13-11-20)17-5-4-6-18-16(17)7-14-23-18/h4-7,14H,2-3,8-13H2,1H3,(H,19,22). The van der Waals surface area contributed by atoms with Gasteiger partial charge in [0.25, 0.3) is 0 Å². The molecule has 0 aliphatic carbocycles. The number of unbranched alkanes of at least 4 members (excludes halogenated alkanes) is 1. The van der Waals surface area contributed by atoms with Crippen LogP contribution in [0.5, 0.6) is 0 Å². The molecule has 1 fully saturated rings. The van der Waals surface area contributed by atoms with Crippen molar-refractivity contribution in [3.05, 3.63) is 29.6 Å². The van der Waals surface area contributed by atoms with E-state index in [1.54, 1.807) is 6.92 Å². The minimum Gasteiger partial charge on any atom is -0.368 e. The average molecular weight is 331 g/mol. The Morgan fingerprint density at radius 2 is 2.00 bits per heavy atom. The second-order valence-corrected chi connectivity index (χ2v) is 7.08. The molecule has 4 nitrogen and oxygen atoms in total. The lowest BCUT2D eigenvalue weighted by Gasteiger charge is -2.36. The minimum atomic E-state index is 0.0706. The number of fused-ring (bicyclic) bond motifs is 1. The third kappa shape index (κ3) is 4.24. The van der Waals surface area contributed by atoms with Crippen molar-refractivity contribution in [2.24, 2.45) is 0 Å². The Balaban J connectivity index is 1.45. The first-order valence-corrected chi connectivity index (χ1v) is 9.30. The Morgan fingerprint density at radius 3 is 2.78 bits per heavy atom. The van der Waals surface area contributed by atoms with E-state index in [0.717, 1.165) is 52.1 Å². The zero-order chi connectivity index (χ0) is 16.1. The number of anilines is 1. The molecular weight excluding hydrogens is 306 g/mol. The molecule has 1 aromatic heterocycles. The van der Waals surface area contributed by atoms with E-state index in [1.165, 1.54) is 15.8 Å². The molecule has 1 aromatic carbocycles. The van der Waals surface area contributed by atoms with Gasteiger partial charge in [0.2, 0.25) is 5.91 Å². The lowest BCUT2D eigenvalue weighted by Crippen LogP contribution is -2.46. The fourth-order valence-electron chi connectivity index (χ4n) is 3.19. The van der Waals surface area contributed by atoms with E-state index in [4.69, 9.17) is 0 Å². The summed E-state index contributed by atoms with van der Waals surface area (Å²) in [7, 11) is 0. The van der Waals surface area contributed by atoms with Crippen LogP contribution >= 0.6 is 11.3 Å². The Kier molecular flexibility index (Phi) is 5.51. The van der Waals surface area contributed by atoms with Crippen LogP contribution in [0.4, 0.5) is 5.69 Å². The smallest absolute Gasteiger partial charge is 0.216 e. The Hall–Kier alpha value is -1.59. The van der Waals surface area contributed by atoms with Gasteiger partial charge in [-0.15, -0.1) is 11.3 Å². The zero-order valence-electron chi connectivity index (χ0n) is 13.8. The van der Waals surface area contributed by atoms with Gasteiger partial charge >= 0.3 is 0 Å². The first kappa shape index (κ1) is 16.3. The number of carbonyl (C=O) groups is 1. The van der Waals surface area contributed by atoms with Gasteiger partial charge in [0.1, 0.15) is 0 Å². The van der Waals surface area contributed by atoms with Crippen LogP contribution in [0.25, 0.3) is 10.1 Å². The summed E-state index contributed by atoms with van der Waals surface area (Å²) in [4.78, 5) is 15.9. The average Bonchev–Trinajstić information content (AvgIpc) is 3.03. The van der Waals surface area contributed by atoms with E-state index in [1.807, 2.05) is 11.3 Å². The van der Waals surface area contributed by atoms with Gasteiger partial charge in [0.05, 0.1) is 0 Å². The van der Waals surface area contributed by atoms with Crippen molar-refractivity contribution in [1.82, 2.24) is 10.2 Å². The molecule has 1 aliphatic heterocycles. The van der Waals surface area contributed by atoms with E-state index >= 15 is 0 Å². The number of amides is 1. The Morgan fingerprint density at radius 1 is 1.17 bits per heavy atom. The summed E-state index contributed by atoms with van der Waals surface area (Å²) in [6.07, 6.45) is 2.22. The summed E-state index contributed by atoms with van der Waals surface area (Å²) in [5.41, 5.74) is 1.38. The van der Waals surface area contributed by atoms with Gasteiger partial charge in [-0.05, 0) is 43.0 Å². The van der Waals surface area contributed by atoms with Crippen molar-refractivity contribution >= 4 is 33.0 Å². The van der Waals surface area contributed by atoms with E-state index in [9.17, 15) is 4.79 Å². The van der Waals surface area contributed by atoms with Crippen LogP contribution < -0.4 is 10.2 Å². The second-order valence-electron chi connectivity index (χ2n) is 6.13. The quantitative estimate of drug-likeness (QED) is 0.827. The fraction of sp³-hybridized carbons (Fsp3) is 0.500. The Labute approximate surface area is 142 Å². The van der Waals surface area contributed by atoms with Crippen LogP contribution in [0.15, 0.2) is 29.6 Å². The summed E-state index contributed by atoms with van der Waals surface area (Å²) in [6, 6.07) is 8.86. The number of carbonyl (C=O) groups excluding carboxylic acids is 1. The first-order valence-electron chi connectivity index (χ1n) is 8.42. The van der Waals surface area contributed by atoms with Crippen LogP contribution in [0.3, 0.4) is 0 Å². The summed E-state index contributed by atoms with van der Waals surface area (Å²) in [6.45, 7) is 7.96. The summed E-state index contributed by atoms with van der Waals surface area (Å²) < 4.78 is 1.38. The van der Waals surface area contributed by atoms with Crippen molar-refractivity contribution in [3.8, 4) is 0 Å². The van der Waals surface area contributed by atoms with E-state index in [-0.39, 0.29) is 5.91 Å². The second kappa shape index (κ2) is 7.79. The van der Waals surface area contributed by atoms with Crippen molar-refractivity contribution in [2.75, 3.05) is 44.2 Å². The third-order valence-corrected chi connectivity index (χ3v) is 5.34. The van der Waals surface area contributed by atoms with Gasteiger partial charge < -0.3 is 10.2 Å². The number of thiophene rings is 1. The molecule has 1 amide bonds. The van der Waals surface area contributed by atoms with Gasteiger partial charge in [-0.1, -0.05) is 6.07 Å². The van der Waals surface area contributed by atoms with Crippen molar-refractivity contribution < 1.29 is 4.79 Å². The molecule has 0 unspecified atom stereocenters. The monoisotopic (exact) mass is 331 g/mol. The lowest BCUT2D eigenvalue weighted by atomic mass is 10.2. The third-order valence-electron chi connectivity index (χ3n) is 4.46. The molecule has 3 rings (SSSR count). The highest BCUT2D eigenvalue weighted by Crippen LogP contribution is 2.31. The maximum absolute atomic E-state index is 10.8. The summed E-state index contributed by atoms with van der Waals surface area (Å²) >= 11 is 1.82. The molecule has 2 aromatic rings. The van der Waals surface area contributed by atoms with Gasteiger partial charge in [0.15, 0.2) is 0 Å². The summed E-state index contributed by atoms with van der Waals surface area (Å²) in [5, 5.41) is 6.43. The van der Waals surface area contributed by atoms with Gasteiger partial charge in [-0.2, -0.15) is 0 Å². The molecular formula is C18H25N3OS. The normalized spacial score (nSPS) is 16.0. The molecule has 0 spiro atoms. The number of hydrogen-bond donors (Lipinski definition) is 1. The fourth-order valence-corrected chi connectivity index (χ4v) is 4.00. The summed E-state index contributed by atoms with van der Waals surface area (Å²) in [5.74, 6) is 0.0706. The maximum Gasteiger partial charge on any atom is 0.216 e. The zero-order valence-corrected chi connectivity index (χ0v) is 14.6. The SMILES string of the molecule is CC(=O)NCCCCN1CCN(c2cccc3sccc23)CC1. The Bertz CT molecular complexity index is 647. The van der Waals surface area contributed by atoms with Crippen molar-refractivity contribution in [2.45, 2.75) is 19.8 Å². The first-order chi connectivity index (χ1) is 11.2. The molecule has 0 saturated carbocycles. The van der Waals surface area contributed by atoms with Crippen LogP contribution in [-0.2, 0) is 4.79 Å². The lowest BCUT2D eigenvalue weighted by molar-refractivity contribution is -0.118. The molecule has 1 aliphatic rings. The van der Waals surface area contributed by atoms with Crippen molar-refractivity contribution in [3.63, 3.8) is 0 Å². The van der Waals surface area contributed by atoms with Crippen LogP contribution in [-0.4, -0.2) is 50.1 Å². The molecule has 5 heteroatoms. The highest BCUT2D eigenvalue weighted by Gasteiger charge is 2.18. The van der Waals surface area contributed by atoms with Gasteiger partial charge in [-0.3, -0.25) is 9.69 Å². The van der Waals surface area contributed by atoms with E-state index in [2.05, 4.69) is 44.8 Å². The van der Waals surface area contributed by atoms with Crippen LogP contribution in [0.1, 0.15) is 19.8 Å². The molecule has 124 valence electrons. The van der Waals surface area contributed by atoms with Crippen LogP contribution in [0.2, 0.25) is 0 Å². The number of benzene rings is 1. The number of nitrogens with one attached hydrogen (secondary N) is 1. The molecule has 1 N–H and O–H groups in total. The number of hydrogen-bond acceptors (Lipinski definition) is 4. The highest BCUT2D eigenvalue weighted by molar-refractivity contribution is 7.17. The molecule has 0 radical (unpaired) electrons. The minimum absolute atomic E-state index is 0.0706.